The van der Waals surface area contributed by atoms with Gasteiger partial charge in [-0.05, 0) is 37.6 Å². The third-order valence-corrected chi connectivity index (χ3v) is 6.82. The Bertz CT molecular complexity index is 1140. The molecule has 0 bridgehead atoms. The molecule has 2 atom stereocenters. The molecule has 1 amide bonds. The Balaban J connectivity index is 1.56. The van der Waals surface area contributed by atoms with Crippen molar-refractivity contribution in [3.8, 4) is 17.0 Å². The van der Waals surface area contributed by atoms with Crippen LogP contribution in [0.1, 0.15) is 30.0 Å². The monoisotopic (exact) mass is 506 g/mol. The fourth-order valence-electron chi connectivity index (χ4n) is 4.02. The van der Waals surface area contributed by atoms with E-state index in [1.807, 2.05) is 22.4 Å². The second-order valence-corrected chi connectivity index (χ2v) is 9.04. The second-order valence-electron chi connectivity index (χ2n) is 8.15. The number of pyridine rings is 1. The van der Waals surface area contributed by atoms with Gasteiger partial charge in [0, 0.05) is 43.0 Å². The van der Waals surface area contributed by atoms with Gasteiger partial charge in [-0.15, -0.1) is 11.3 Å². The summed E-state index contributed by atoms with van der Waals surface area (Å²) in [6.07, 6.45) is -1.42. The summed E-state index contributed by atoms with van der Waals surface area (Å²) in [6, 6.07) is 8.12. The average Bonchev–Trinajstić information content (AvgIpc) is 3.22. The number of carbonyl (C=O) groups excluding carboxylic acids is 1. The molecule has 0 radical (unpaired) electrons. The van der Waals surface area contributed by atoms with Gasteiger partial charge in [-0.2, -0.15) is 13.2 Å². The Morgan fingerprint density at radius 3 is 2.66 bits per heavy atom. The minimum atomic E-state index is -4.59. The molecule has 35 heavy (non-hydrogen) atoms. The van der Waals surface area contributed by atoms with E-state index in [4.69, 9.17) is 9.72 Å². The predicted molar refractivity (Wildman–Crippen MR) is 125 cm³/mol. The van der Waals surface area contributed by atoms with Crippen molar-refractivity contribution in [1.82, 2.24) is 19.8 Å². The van der Waals surface area contributed by atoms with Crippen molar-refractivity contribution in [3.05, 3.63) is 64.7 Å². The molecule has 0 spiro atoms. The number of halogens is 3. The SMILES string of the molecule is CC(O)N1CCC(c2nc(-c3ccncc3)cs2)N(C(=O)COc2ccccc2C(F)(F)F)CC1. The van der Waals surface area contributed by atoms with E-state index in [0.29, 0.717) is 24.5 Å². The molecule has 7 nitrogen and oxygen atoms in total. The number of aliphatic hydroxyl groups is 1. The molecule has 1 N–H and O–H groups in total. The number of para-hydroxylation sites is 1. The van der Waals surface area contributed by atoms with Gasteiger partial charge in [0.15, 0.2) is 6.61 Å². The highest BCUT2D eigenvalue weighted by molar-refractivity contribution is 7.10. The molecule has 1 aromatic carbocycles. The van der Waals surface area contributed by atoms with Gasteiger partial charge < -0.3 is 14.7 Å². The second kappa shape index (κ2) is 10.7. The van der Waals surface area contributed by atoms with E-state index in [9.17, 15) is 23.1 Å². The van der Waals surface area contributed by atoms with Crippen molar-refractivity contribution >= 4 is 17.2 Å². The molecule has 186 valence electrons. The van der Waals surface area contributed by atoms with Crippen LogP contribution in [0.4, 0.5) is 13.2 Å². The van der Waals surface area contributed by atoms with E-state index in [0.717, 1.165) is 17.3 Å². The van der Waals surface area contributed by atoms with E-state index < -0.39 is 36.5 Å². The predicted octanol–water partition coefficient (Wildman–Crippen LogP) is 4.22. The summed E-state index contributed by atoms with van der Waals surface area (Å²) < 4.78 is 45.3. The third-order valence-electron chi connectivity index (χ3n) is 5.87. The van der Waals surface area contributed by atoms with Gasteiger partial charge in [0.05, 0.1) is 17.3 Å². The zero-order valence-electron chi connectivity index (χ0n) is 19.0. The molecule has 4 rings (SSSR count). The van der Waals surface area contributed by atoms with E-state index in [-0.39, 0.29) is 12.3 Å². The molecule has 2 aromatic heterocycles. The van der Waals surface area contributed by atoms with Gasteiger partial charge in [0.1, 0.15) is 17.0 Å². The van der Waals surface area contributed by atoms with Crippen LogP contribution in [-0.2, 0) is 11.0 Å². The molecule has 1 saturated heterocycles. The van der Waals surface area contributed by atoms with Crippen LogP contribution < -0.4 is 4.74 Å². The van der Waals surface area contributed by atoms with Crippen molar-refractivity contribution in [2.45, 2.75) is 31.8 Å². The van der Waals surface area contributed by atoms with Crippen LogP contribution >= 0.6 is 11.3 Å². The number of amides is 1. The summed E-state index contributed by atoms with van der Waals surface area (Å²) in [5.41, 5.74) is 0.723. The Morgan fingerprint density at radius 1 is 1.20 bits per heavy atom. The number of nitrogens with zero attached hydrogens (tertiary/aromatic N) is 4. The average molecular weight is 507 g/mol. The topological polar surface area (TPSA) is 78.8 Å². The smallest absolute Gasteiger partial charge is 0.419 e. The molecule has 1 aliphatic heterocycles. The minimum Gasteiger partial charge on any atom is -0.483 e. The zero-order valence-corrected chi connectivity index (χ0v) is 19.8. The summed E-state index contributed by atoms with van der Waals surface area (Å²) in [7, 11) is 0. The van der Waals surface area contributed by atoms with Crippen LogP contribution in [-0.4, -0.2) is 63.3 Å². The molecule has 3 heterocycles. The largest absolute Gasteiger partial charge is 0.483 e. The summed E-state index contributed by atoms with van der Waals surface area (Å²) >= 11 is 1.42. The Hall–Kier alpha value is -3.02. The lowest BCUT2D eigenvalue weighted by Gasteiger charge is -2.28. The summed E-state index contributed by atoms with van der Waals surface area (Å²) in [6.45, 7) is 2.36. The first-order valence-electron chi connectivity index (χ1n) is 11.1. The molecule has 1 aliphatic rings. The number of thiazole rings is 1. The van der Waals surface area contributed by atoms with E-state index in [1.165, 1.54) is 29.5 Å². The first-order valence-corrected chi connectivity index (χ1v) is 12.0. The van der Waals surface area contributed by atoms with Crippen LogP contribution in [0.25, 0.3) is 11.3 Å². The number of hydrogen-bond acceptors (Lipinski definition) is 7. The number of aromatic nitrogens is 2. The van der Waals surface area contributed by atoms with Gasteiger partial charge in [-0.3, -0.25) is 14.7 Å². The van der Waals surface area contributed by atoms with Crippen molar-refractivity contribution < 1.29 is 27.8 Å². The third kappa shape index (κ3) is 5.98. The molecule has 11 heteroatoms. The fourth-order valence-corrected chi connectivity index (χ4v) is 5.00. The highest BCUT2D eigenvalue weighted by Gasteiger charge is 2.35. The normalized spacial score (nSPS) is 18.2. The molecular formula is C24H25F3N4O3S. The van der Waals surface area contributed by atoms with Crippen LogP contribution in [0.5, 0.6) is 5.75 Å². The number of carbonyl (C=O) groups is 1. The number of ether oxygens (including phenoxy) is 1. The zero-order chi connectivity index (χ0) is 25.0. The fraction of sp³-hybridized carbons (Fsp3) is 0.375. The van der Waals surface area contributed by atoms with Gasteiger partial charge in [0.25, 0.3) is 5.91 Å². The quantitative estimate of drug-likeness (QED) is 0.540. The lowest BCUT2D eigenvalue weighted by atomic mass is 10.1. The minimum absolute atomic E-state index is 0.281. The van der Waals surface area contributed by atoms with Crippen LogP contribution in [0, 0.1) is 0 Å². The standard InChI is InChI=1S/C24H25F3N4O3S/c1-16(32)30-11-8-20(23-29-19(15-35-23)17-6-9-28-10-7-17)31(13-12-30)22(33)14-34-21-5-3-2-4-18(21)24(25,26)27/h2-7,9-10,15-16,20,32H,8,11-14H2,1H3. The van der Waals surface area contributed by atoms with Gasteiger partial charge in [-0.25, -0.2) is 4.98 Å². The molecule has 0 saturated carbocycles. The van der Waals surface area contributed by atoms with Crippen molar-refractivity contribution in [2.24, 2.45) is 0 Å². The maximum absolute atomic E-state index is 13.3. The first kappa shape index (κ1) is 25.1. The highest BCUT2D eigenvalue weighted by Crippen LogP contribution is 2.36. The lowest BCUT2D eigenvalue weighted by molar-refractivity contribution is -0.141. The summed E-state index contributed by atoms with van der Waals surface area (Å²) in [5.74, 6) is -0.834. The van der Waals surface area contributed by atoms with Crippen LogP contribution in [0.15, 0.2) is 54.2 Å². The number of alkyl halides is 3. The number of rotatable bonds is 6. The number of aliphatic hydroxyl groups excluding tert-OH is 1. The first-order chi connectivity index (χ1) is 16.7. The molecular weight excluding hydrogens is 481 g/mol. The molecule has 2 unspecified atom stereocenters. The van der Waals surface area contributed by atoms with E-state index in [1.54, 1.807) is 24.2 Å². The van der Waals surface area contributed by atoms with Gasteiger partial charge in [0.2, 0.25) is 0 Å². The van der Waals surface area contributed by atoms with Crippen LogP contribution in [0.3, 0.4) is 0 Å². The summed E-state index contributed by atoms with van der Waals surface area (Å²) in [5, 5.41) is 12.7. The van der Waals surface area contributed by atoms with E-state index >= 15 is 0 Å². The van der Waals surface area contributed by atoms with Crippen molar-refractivity contribution in [3.63, 3.8) is 0 Å². The molecule has 0 aliphatic carbocycles. The van der Waals surface area contributed by atoms with Gasteiger partial charge >= 0.3 is 6.18 Å². The number of hydrogen-bond donors (Lipinski definition) is 1. The van der Waals surface area contributed by atoms with E-state index in [2.05, 4.69) is 4.98 Å². The molecule has 3 aromatic rings. The highest BCUT2D eigenvalue weighted by atomic mass is 32.1. The maximum Gasteiger partial charge on any atom is 0.419 e. The lowest BCUT2D eigenvalue weighted by Crippen LogP contribution is -2.41. The summed E-state index contributed by atoms with van der Waals surface area (Å²) in [4.78, 5) is 25.4. The Kier molecular flexibility index (Phi) is 7.68. The van der Waals surface area contributed by atoms with Crippen molar-refractivity contribution in [2.75, 3.05) is 26.2 Å². The van der Waals surface area contributed by atoms with Gasteiger partial charge in [-0.1, -0.05) is 12.1 Å². The Labute approximate surface area is 204 Å². The number of benzene rings is 1. The van der Waals surface area contributed by atoms with Crippen LogP contribution in [0.2, 0.25) is 0 Å². The van der Waals surface area contributed by atoms with Crippen molar-refractivity contribution in [1.29, 1.82) is 0 Å². The molecule has 1 fully saturated rings. The maximum atomic E-state index is 13.3. The Morgan fingerprint density at radius 2 is 1.94 bits per heavy atom.